The quantitative estimate of drug-likeness (QED) is 0.664. The molecule has 128 valence electrons. The number of H-pyrrole nitrogens is 1. The molecule has 25 heavy (non-hydrogen) atoms. The predicted octanol–water partition coefficient (Wildman–Crippen LogP) is 4.46. The molecule has 1 heterocycles. The highest BCUT2D eigenvalue weighted by Crippen LogP contribution is 2.19. The lowest BCUT2D eigenvalue weighted by molar-refractivity contribution is -0.117. The summed E-state index contributed by atoms with van der Waals surface area (Å²) in [6.07, 6.45) is 5.86. The van der Waals surface area contributed by atoms with E-state index in [-0.39, 0.29) is 11.7 Å². The van der Waals surface area contributed by atoms with Crippen molar-refractivity contribution in [2.45, 2.75) is 25.8 Å². The van der Waals surface area contributed by atoms with Gasteiger partial charge in [-0.1, -0.05) is 30.3 Å². The minimum Gasteiger partial charge on any atom is -0.361 e. The van der Waals surface area contributed by atoms with Gasteiger partial charge in [0.1, 0.15) is 5.82 Å². The molecule has 0 radical (unpaired) electrons. The lowest BCUT2D eigenvalue weighted by Gasteiger charge is -2.25. The normalized spacial score (nSPS) is 12.0. The summed E-state index contributed by atoms with van der Waals surface area (Å²) in [7, 11) is 0. The van der Waals surface area contributed by atoms with E-state index >= 15 is 0 Å². The zero-order chi connectivity index (χ0) is 17.9. The largest absolute Gasteiger partial charge is 0.361 e. The van der Waals surface area contributed by atoms with Gasteiger partial charge in [0, 0.05) is 28.7 Å². The number of carbonyl (C=O) groups excluding carboxylic acids is 1. The number of fused-ring (bicyclic) bond motifs is 1. The molecule has 2 N–H and O–H groups in total. The van der Waals surface area contributed by atoms with Gasteiger partial charge in [0.15, 0.2) is 0 Å². The van der Waals surface area contributed by atoms with Crippen molar-refractivity contribution in [2.75, 3.05) is 0 Å². The second-order valence-electron chi connectivity index (χ2n) is 6.80. The van der Waals surface area contributed by atoms with Gasteiger partial charge in [-0.05, 0) is 55.7 Å². The van der Waals surface area contributed by atoms with Crippen molar-refractivity contribution in [2.24, 2.45) is 0 Å². The summed E-state index contributed by atoms with van der Waals surface area (Å²) in [6.45, 7) is 3.90. The number of benzene rings is 2. The Kier molecular flexibility index (Phi) is 4.70. The Bertz CT molecular complexity index is 907. The highest BCUT2D eigenvalue weighted by atomic mass is 19.1. The fourth-order valence-corrected chi connectivity index (χ4v) is 2.93. The average molecular weight is 336 g/mol. The van der Waals surface area contributed by atoms with Gasteiger partial charge in [0.2, 0.25) is 5.91 Å². The monoisotopic (exact) mass is 336 g/mol. The van der Waals surface area contributed by atoms with Crippen molar-refractivity contribution >= 4 is 22.9 Å². The number of aromatic amines is 1. The molecule has 4 heteroatoms. The van der Waals surface area contributed by atoms with Gasteiger partial charge >= 0.3 is 0 Å². The molecule has 0 aliphatic heterocycles. The van der Waals surface area contributed by atoms with Crippen molar-refractivity contribution in [3.63, 3.8) is 0 Å². The first-order valence-corrected chi connectivity index (χ1v) is 8.24. The molecular weight excluding hydrogens is 315 g/mol. The maximum Gasteiger partial charge on any atom is 0.244 e. The van der Waals surface area contributed by atoms with E-state index in [0.29, 0.717) is 6.42 Å². The van der Waals surface area contributed by atoms with Crippen LogP contribution in [0.1, 0.15) is 25.0 Å². The Morgan fingerprint density at radius 1 is 1.16 bits per heavy atom. The van der Waals surface area contributed by atoms with Gasteiger partial charge in [-0.15, -0.1) is 0 Å². The van der Waals surface area contributed by atoms with Crippen LogP contribution in [0.3, 0.4) is 0 Å². The molecule has 0 saturated heterocycles. The summed E-state index contributed by atoms with van der Waals surface area (Å²) in [4.78, 5) is 15.4. The van der Waals surface area contributed by atoms with Crippen LogP contribution in [-0.2, 0) is 11.2 Å². The molecule has 0 fully saturated rings. The van der Waals surface area contributed by atoms with Gasteiger partial charge in [-0.25, -0.2) is 4.39 Å². The third-order valence-corrected chi connectivity index (χ3v) is 4.06. The van der Waals surface area contributed by atoms with E-state index in [0.717, 1.165) is 22.0 Å². The van der Waals surface area contributed by atoms with Crippen molar-refractivity contribution in [1.82, 2.24) is 10.3 Å². The van der Waals surface area contributed by atoms with Crippen LogP contribution in [0.4, 0.5) is 4.39 Å². The molecule has 0 bridgehead atoms. The van der Waals surface area contributed by atoms with Gasteiger partial charge in [0.05, 0.1) is 0 Å². The number of hydrogen-bond donors (Lipinski definition) is 2. The number of rotatable bonds is 5. The molecule has 3 nitrogen and oxygen atoms in total. The topological polar surface area (TPSA) is 44.9 Å². The van der Waals surface area contributed by atoms with Crippen LogP contribution in [0.15, 0.2) is 60.8 Å². The first-order valence-electron chi connectivity index (χ1n) is 8.24. The Morgan fingerprint density at radius 3 is 2.64 bits per heavy atom. The maximum absolute atomic E-state index is 13.0. The van der Waals surface area contributed by atoms with Crippen LogP contribution >= 0.6 is 0 Å². The Hall–Kier alpha value is -2.88. The Labute approximate surface area is 146 Å². The third-order valence-electron chi connectivity index (χ3n) is 4.06. The summed E-state index contributed by atoms with van der Waals surface area (Å²) in [5.41, 5.74) is 2.56. The SMILES string of the molecule is CC(C)(Cc1ccc(F)cc1)NC(=O)/C=C/c1c[nH]c2ccccc12. The van der Waals surface area contributed by atoms with Crippen molar-refractivity contribution in [3.8, 4) is 0 Å². The van der Waals surface area contributed by atoms with E-state index in [2.05, 4.69) is 10.3 Å². The highest BCUT2D eigenvalue weighted by molar-refractivity contribution is 5.96. The number of amides is 1. The Morgan fingerprint density at radius 2 is 1.88 bits per heavy atom. The first kappa shape index (κ1) is 17.0. The van der Waals surface area contributed by atoms with E-state index in [1.807, 2.05) is 50.4 Å². The van der Waals surface area contributed by atoms with Crippen LogP contribution < -0.4 is 5.32 Å². The lowest BCUT2D eigenvalue weighted by Crippen LogP contribution is -2.44. The third kappa shape index (κ3) is 4.35. The van der Waals surface area contributed by atoms with Crippen molar-refractivity contribution in [3.05, 3.63) is 77.7 Å². The molecule has 0 aliphatic carbocycles. The van der Waals surface area contributed by atoms with Crippen LogP contribution in [0.25, 0.3) is 17.0 Å². The van der Waals surface area contributed by atoms with Gasteiger partial charge in [-0.3, -0.25) is 4.79 Å². The van der Waals surface area contributed by atoms with E-state index in [1.165, 1.54) is 12.1 Å². The zero-order valence-corrected chi connectivity index (χ0v) is 14.3. The van der Waals surface area contributed by atoms with E-state index < -0.39 is 5.54 Å². The molecule has 1 aromatic heterocycles. The minimum absolute atomic E-state index is 0.155. The van der Waals surface area contributed by atoms with Crippen LogP contribution in [0.2, 0.25) is 0 Å². The fourth-order valence-electron chi connectivity index (χ4n) is 2.93. The number of nitrogens with one attached hydrogen (secondary N) is 2. The molecule has 2 aromatic carbocycles. The summed E-state index contributed by atoms with van der Waals surface area (Å²) in [6, 6.07) is 14.3. The predicted molar refractivity (Wildman–Crippen MR) is 99.7 cm³/mol. The number of carbonyl (C=O) groups is 1. The van der Waals surface area contributed by atoms with Gasteiger partial charge in [-0.2, -0.15) is 0 Å². The summed E-state index contributed by atoms with van der Waals surface area (Å²) in [5, 5.41) is 4.08. The summed E-state index contributed by atoms with van der Waals surface area (Å²) < 4.78 is 13.0. The van der Waals surface area contributed by atoms with Crippen LogP contribution in [0.5, 0.6) is 0 Å². The van der Waals surface area contributed by atoms with Crippen molar-refractivity contribution in [1.29, 1.82) is 0 Å². The number of aromatic nitrogens is 1. The fraction of sp³-hybridized carbons (Fsp3) is 0.190. The highest BCUT2D eigenvalue weighted by Gasteiger charge is 2.20. The molecule has 1 amide bonds. The second-order valence-corrected chi connectivity index (χ2v) is 6.80. The molecule has 3 rings (SSSR count). The molecule has 0 unspecified atom stereocenters. The first-order chi connectivity index (χ1) is 11.9. The van der Waals surface area contributed by atoms with Crippen LogP contribution in [0, 0.1) is 5.82 Å². The maximum atomic E-state index is 13.0. The number of para-hydroxylation sites is 1. The average Bonchev–Trinajstić information content (AvgIpc) is 2.98. The summed E-state index contributed by atoms with van der Waals surface area (Å²) >= 11 is 0. The van der Waals surface area contributed by atoms with Crippen LogP contribution in [-0.4, -0.2) is 16.4 Å². The van der Waals surface area contributed by atoms with E-state index in [4.69, 9.17) is 0 Å². The second kappa shape index (κ2) is 6.93. The standard InChI is InChI=1S/C21H21FN2O/c1-21(2,13-15-7-10-17(22)11-8-15)24-20(25)12-9-16-14-23-19-6-4-3-5-18(16)19/h3-12,14,23H,13H2,1-2H3,(H,24,25)/b12-9+. The Balaban J connectivity index is 1.65. The van der Waals surface area contributed by atoms with E-state index in [9.17, 15) is 9.18 Å². The zero-order valence-electron chi connectivity index (χ0n) is 14.3. The van der Waals surface area contributed by atoms with Gasteiger partial charge < -0.3 is 10.3 Å². The molecule has 0 saturated carbocycles. The molecule has 0 spiro atoms. The van der Waals surface area contributed by atoms with Gasteiger partial charge in [0.25, 0.3) is 0 Å². The van der Waals surface area contributed by atoms with E-state index in [1.54, 1.807) is 18.2 Å². The summed E-state index contributed by atoms with van der Waals surface area (Å²) in [5.74, 6) is -0.412. The molecular formula is C21H21FN2O. The molecule has 0 atom stereocenters. The molecule has 0 aliphatic rings. The smallest absolute Gasteiger partial charge is 0.244 e. The minimum atomic E-state index is -0.431. The number of hydrogen-bond acceptors (Lipinski definition) is 1. The lowest BCUT2D eigenvalue weighted by atomic mass is 9.95. The molecule has 3 aromatic rings. The number of halogens is 1. The van der Waals surface area contributed by atoms with Crippen molar-refractivity contribution < 1.29 is 9.18 Å².